The minimum Gasteiger partial charge on any atom is -0.388 e. The second kappa shape index (κ2) is 7.08. The van der Waals surface area contributed by atoms with E-state index in [2.05, 4.69) is 32.9 Å². The zero-order chi connectivity index (χ0) is 18.1. The molecule has 1 N–H and O–H groups in total. The van der Waals surface area contributed by atoms with Gasteiger partial charge in [0.2, 0.25) is 5.91 Å². The van der Waals surface area contributed by atoms with Crippen molar-refractivity contribution >= 4 is 5.91 Å². The molecular weight excluding hydrogens is 314 g/mol. The predicted molar refractivity (Wildman–Crippen MR) is 98.4 cm³/mol. The summed E-state index contributed by atoms with van der Waals surface area (Å²) in [5.41, 5.74) is 2.45. The number of likely N-dealkylation sites (tertiary alicyclic amines) is 1. The zero-order valence-corrected chi connectivity index (χ0v) is 15.8. The largest absolute Gasteiger partial charge is 0.388 e. The molecule has 0 radical (unpaired) electrons. The Morgan fingerprint density at radius 3 is 2.60 bits per heavy atom. The summed E-state index contributed by atoms with van der Waals surface area (Å²) in [5, 5.41) is 10.4. The highest BCUT2D eigenvalue weighted by molar-refractivity contribution is 5.76. The lowest BCUT2D eigenvalue weighted by Gasteiger charge is -2.22. The third-order valence-electron chi connectivity index (χ3n) is 5.77. The number of hydrogen-bond acceptors (Lipinski definition) is 3. The Morgan fingerprint density at radius 2 is 2.00 bits per heavy atom. The Hall–Kier alpha value is -1.39. The Morgan fingerprint density at radius 1 is 1.28 bits per heavy atom. The van der Waals surface area contributed by atoms with Gasteiger partial charge in [-0.05, 0) is 35.8 Å². The summed E-state index contributed by atoms with van der Waals surface area (Å²) in [4.78, 5) is 14.4. The van der Waals surface area contributed by atoms with Gasteiger partial charge in [-0.25, -0.2) is 0 Å². The Labute approximate surface area is 151 Å². The van der Waals surface area contributed by atoms with Crippen molar-refractivity contribution in [3.05, 3.63) is 35.4 Å². The summed E-state index contributed by atoms with van der Waals surface area (Å²) in [5.74, 6) is 0.161. The number of amides is 1. The third-order valence-corrected chi connectivity index (χ3v) is 5.77. The van der Waals surface area contributed by atoms with Crippen LogP contribution in [0.15, 0.2) is 24.3 Å². The van der Waals surface area contributed by atoms with Crippen LogP contribution in [0.3, 0.4) is 0 Å². The van der Waals surface area contributed by atoms with Gasteiger partial charge in [-0.2, -0.15) is 0 Å². The molecule has 1 amide bonds. The van der Waals surface area contributed by atoms with Crippen molar-refractivity contribution in [1.29, 1.82) is 0 Å². The van der Waals surface area contributed by atoms with Crippen LogP contribution in [-0.4, -0.2) is 42.2 Å². The fraction of sp³-hybridized carbons (Fsp3) is 0.667. The quantitative estimate of drug-likeness (QED) is 0.909. The Bertz CT molecular complexity index is 597. The summed E-state index contributed by atoms with van der Waals surface area (Å²) < 4.78 is 5.52. The zero-order valence-electron chi connectivity index (χ0n) is 15.8. The van der Waals surface area contributed by atoms with Gasteiger partial charge in [-0.3, -0.25) is 4.79 Å². The number of nitrogens with zero attached hydrogens (tertiary/aromatic N) is 1. The smallest absolute Gasteiger partial charge is 0.222 e. The van der Waals surface area contributed by atoms with E-state index in [0.717, 1.165) is 44.7 Å². The molecule has 0 aliphatic carbocycles. The molecule has 4 nitrogen and oxygen atoms in total. The van der Waals surface area contributed by atoms with Crippen molar-refractivity contribution in [3.8, 4) is 0 Å². The van der Waals surface area contributed by atoms with Gasteiger partial charge in [0.1, 0.15) is 0 Å². The number of carbonyl (C=O) groups is 1. The fourth-order valence-electron chi connectivity index (χ4n) is 3.91. The molecular formula is C21H31NO3. The molecule has 2 heterocycles. The van der Waals surface area contributed by atoms with E-state index in [4.69, 9.17) is 4.74 Å². The number of aliphatic hydroxyl groups excluding tert-OH is 1. The van der Waals surface area contributed by atoms with Crippen molar-refractivity contribution in [2.45, 2.75) is 58.0 Å². The summed E-state index contributed by atoms with van der Waals surface area (Å²) in [7, 11) is 0. The minimum absolute atomic E-state index is 0.106. The first-order valence-corrected chi connectivity index (χ1v) is 9.43. The van der Waals surface area contributed by atoms with Crippen molar-refractivity contribution in [1.82, 2.24) is 4.90 Å². The topological polar surface area (TPSA) is 49.8 Å². The van der Waals surface area contributed by atoms with Crippen LogP contribution >= 0.6 is 0 Å². The van der Waals surface area contributed by atoms with Crippen LogP contribution in [0.5, 0.6) is 0 Å². The van der Waals surface area contributed by atoms with Crippen molar-refractivity contribution in [2.75, 3.05) is 26.3 Å². The Kier molecular flexibility index (Phi) is 5.21. The maximum atomic E-state index is 12.5. The normalized spacial score (nSPS) is 24.9. The molecule has 1 aromatic carbocycles. The standard InChI is InChI=1S/C21H31NO3/c1-20(2,3)17-6-4-16(5-7-17)18(23)8-9-19(24)22-12-10-21(14-22)11-13-25-15-21/h4-7,18,23H,8-15H2,1-3H3. The van der Waals surface area contributed by atoms with E-state index < -0.39 is 6.10 Å². The van der Waals surface area contributed by atoms with Crippen LogP contribution in [-0.2, 0) is 14.9 Å². The molecule has 0 bridgehead atoms. The van der Waals surface area contributed by atoms with Crippen molar-refractivity contribution < 1.29 is 14.6 Å². The highest BCUT2D eigenvalue weighted by Crippen LogP contribution is 2.38. The van der Waals surface area contributed by atoms with Crippen molar-refractivity contribution in [3.63, 3.8) is 0 Å². The van der Waals surface area contributed by atoms with Crippen LogP contribution in [0.4, 0.5) is 0 Å². The van der Waals surface area contributed by atoms with Crippen LogP contribution in [0.1, 0.15) is 63.7 Å². The molecule has 25 heavy (non-hydrogen) atoms. The number of carbonyl (C=O) groups excluding carboxylic acids is 1. The second-order valence-corrected chi connectivity index (χ2v) is 8.79. The van der Waals surface area contributed by atoms with Gasteiger partial charge in [0, 0.05) is 31.5 Å². The second-order valence-electron chi connectivity index (χ2n) is 8.79. The summed E-state index contributed by atoms with van der Waals surface area (Å²) in [6.45, 7) is 9.80. The molecule has 0 saturated carbocycles. The molecule has 2 aliphatic heterocycles. The molecule has 1 aromatic rings. The summed E-state index contributed by atoms with van der Waals surface area (Å²) in [6, 6.07) is 8.11. The van der Waals surface area contributed by atoms with Gasteiger partial charge in [0.15, 0.2) is 0 Å². The van der Waals surface area contributed by atoms with Crippen LogP contribution in [0.2, 0.25) is 0 Å². The fourth-order valence-corrected chi connectivity index (χ4v) is 3.91. The molecule has 0 aromatic heterocycles. The number of ether oxygens (including phenoxy) is 1. The average molecular weight is 345 g/mol. The SMILES string of the molecule is CC(C)(C)c1ccc(C(O)CCC(=O)N2CCC3(CCOC3)C2)cc1. The van der Waals surface area contributed by atoms with Crippen molar-refractivity contribution in [2.24, 2.45) is 5.41 Å². The lowest BCUT2D eigenvalue weighted by Crippen LogP contribution is -2.32. The van der Waals surface area contributed by atoms with E-state index in [0.29, 0.717) is 12.8 Å². The van der Waals surface area contributed by atoms with Gasteiger partial charge in [0.25, 0.3) is 0 Å². The highest BCUT2D eigenvalue weighted by Gasteiger charge is 2.42. The number of aliphatic hydroxyl groups is 1. The Balaban J connectivity index is 1.50. The van der Waals surface area contributed by atoms with E-state index in [-0.39, 0.29) is 16.7 Å². The molecule has 1 spiro atoms. The molecule has 2 atom stereocenters. The molecule has 3 rings (SSSR count). The predicted octanol–water partition coefficient (Wildman–Crippen LogP) is 3.44. The first kappa shape index (κ1) is 18.4. The minimum atomic E-state index is -0.579. The molecule has 2 unspecified atom stereocenters. The van der Waals surface area contributed by atoms with Crippen LogP contribution in [0, 0.1) is 5.41 Å². The lowest BCUT2D eigenvalue weighted by atomic mass is 9.86. The van der Waals surface area contributed by atoms with E-state index >= 15 is 0 Å². The van der Waals surface area contributed by atoms with E-state index in [1.54, 1.807) is 0 Å². The van der Waals surface area contributed by atoms with E-state index in [1.807, 2.05) is 17.0 Å². The summed E-state index contributed by atoms with van der Waals surface area (Å²) >= 11 is 0. The molecule has 2 fully saturated rings. The maximum absolute atomic E-state index is 12.5. The maximum Gasteiger partial charge on any atom is 0.222 e. The van der Waals surface area contributed by atoms with Crippen LogP contribution < -0.4 is 0 Å². The highest BCUT2D eigenvalue weighted by atomic mass is 16.5. The number of hydrogen-bond donors (Lipinski definition) is 1. The van der Waals surface area contributed by atoms with E-state index in [1.165, 1.54) is 5.56 Å². The van der Waals surface area contributed by atoms with Gasteiger partial charge < -0.3 is 14.7 Å². The third kappa shape index (κ3) is 4.24. The van der Waals surface area contributed by atoms with Crippen LogP contribution in [0.25, 0.3) is 0 Å². The van der Waals surface area contributed by atoms with Gasteiger partial charge in [-0.15, -0.1) is 0 Å². The first-order valence-electron chi connectivity index (χ1n) is 9.43. The monoisotopic (exact) mass is 345 g/mol. The molecule has 4 heteroatoms. The molecule has 2 aliphatic rings. The molecule has 138 valence electrons. The van der Waals surface area contributed by atoms with E-state index in [9.17, 15) is 9.90 Å². The number of benzene rings is 1. The van der Waals surface area contributed by atoms with Gasteiger partial charge >= 0.3 is 0 Å². The lowest BCUT2D eigenvalue weighted by molar-refractivity contribution is -0.131. The van der Waals surface area contributed by atoms with Gasteiger partial charge in [-0.1, -0.05) is 45.0 Å². The average Bonchev–Trinajstić information content (AvgIpc) is 3.22. The molecule has 2 saturated heterocycles. The summed E-state index contributed by atoms with van der Waals surface area (Å²) in [6.07, 6.45) is 2.42. The number of rotatable bonds is 4. The van der Waals surface area contributed by atoms with Gasteiger partial charge in [0.05, 0.1) is 12.7 Å². The first-order chi connectivity index (χ1) is 11.8.